The summed E-state index contributed by atoms with van der Waals surface area (Å²) >= 11 is 0. The van der Waals surface area contributed by atoms with Crippen molar-refractivity contribution in [1.29, 1.82) is 0 Å². The van der Waals surface area contributed by atoms with Crippen molar-refractivity contribution in [3.63, 3.8) is 0 Å². The summed E-state index contributed by atoms with van der Waals surface area (Å²) < 4.78 is 0. The molecule has 0 aromatic rings. The first-order valence-electron chi connectivity index (χ1n) is 4.03. The summed E-state index contributed by atoms with van der Waals surface area (Å²) in [6.07, 6.45) is 0. The Morgan fingerprint density at radius 1 is 1.46 bits per heavy atom. The molecule has 13 heavy (non-hydrogen) atoms. The van der Waals surface area contributed by atoms with Crippen molar-refractivity contribution in [1.82, 2.24) is 4.90 Å². The smallest absolute Gasteiger partial charge is 0.341 e. The minimum Gasteiger partial charge on any atom is -0.477 e. The quantitative estimate of drug-likeness (QED) is 0.607. The molecule has 72 valence electrons. The van der Waals surface area contributed by atoms with Gasteiger partial charge in [0, 0.05) is 7.05 Å². The molecule has 1 amide bonds. The van der Waals surface area contributed by atoms with Gasteiger partial charge in [-0.15, -0.1) is 0 Å². The third-order valence-electron chi connectivity index (χ3n) is 2.86. The largest absolute Gasteiger partial charge is 0.477 e. The number of aliphatic carboxylic acids is 1. The fourth-order valence-electron chi connectivity index (χ4n) is 1.39. The van der Waals surface area contributed by atoms with Crippen LogP contribution in [0.3, 0.4) is 0 Å². The van der Waals surface area contributed by atoms with Crippen LogP contribution in [0.25, 0.3) is 0 Å². The topological polar surface area (TPSA) is 57.6 Å². The number of nitrogens with zero attached hydrogens (tertiary/aromatic N) is 1. The zero-order valence-electron chi connectivity index (χ0n) is 8.21. The first-order valence-corrected chi connectivity index (χ1v) is 4.03. The van der Waals surface area contributed by atoms with Gasteiger partial charge in [-0.05, 0) is 26.3 Å². The lowest BCUT2D eigenvalue weighted by atomic mass is 9.95. The molecule has 0 unspecified atom stereocenters. The Kier molecular flexibility index (Phi) is 1.94. The maximum absolute atomic E-state index is 11.5. The van der Waals surface area contributed by atoms with Gasteiger partial charge in [0.2, 0.25) is 0 Å². The molecule has 0 aromatic carbocycles. The van der Waals surface area contributed by atoms with Crippen molar-refractivity contribution in [2.24, 2.45) is 0 Å². The minimum atomic E-state index is -1.14. The van der Waals surface area contributed by atoms with Gasteiger partial charge in [-0.25, -0.2) is 4.79 Å². The highest BCUT2D eigenvalue weighted by atomic mass is 16.4. The predicted octanol–water partition coefficient (Wildman–Crippen LogP) is 0.638. The normalized spacial score (nSPS) is 21.2. The average molecular weight is 183 g/mol. The number of likely N-dealkylation sites (N-methyl/N-ethyl adjacent to an activating group) is 1. The zero-order chi connectivity index (χ0) is 10.4. The third-order valence-corrected chi connectivity index (χ3v) is 2.86. The Labute approximate surface area is 76.8 Å². The van der Waals surface area contributed by atoms with E-state index in [1.54, 1.807) is 14.0 Å². The van der Waals surface area contributed by atoms with E-state index in [2.05, 4.69) is 0 Å². The van der Waals surface area contributed by atoms with Crippen molar-refractivity contribution in [3.05, 3.63) is 11.1 Å². The lowest BCUT2D eigenvalue weighted by Crippen LogP contribution is -2.40. The van der Waals surface area contributed by atoms with Crippen LogP contribution in [0.5, 0.6) is 0 Å². The maximum Gasteiger partial charge on any atom is 0.341 e. The molecule has 1 heterocycles. The van der Waals surface area contributed by atoms with Crippen LogP contribution in [0.15, 0.2) is 11.1 Å². The molecule has 0 aliphatic carbocycles. The maximum atomic E-state index is 11.5. The van der Waals surface area contributed by atoms with E-state index in [9.17, 15) is 9.59 Å². The monoisotopic (exact) mass is 183 g/mol. The summed E-state index contributed by atoms with van der Waals surface area (Å²) in [6, 6.07) is 0. The van der Waals surface area contributed by atoms with Gasteiger partial charge in [-0.3, -0.25) is 4.79 Å². The van der Waals surface area contributed by atoms with Gasteiger partial charge in [0.15, 0.2) is 0 Å². The van der Waals surface area contributed by atoms with Gasteiger partial charge in [-0.1, -0.05) is 0 Å². The lowest BCUT2D eigenvalue weighted by molar-refractivity contribution is -0.136. The van der Waals surface area contributed by atoms with Gasteiger partial charge < -0.3 is 10.0 Å². The number of carboxylic acids is 1. The van der Waals surface area contributed by atoms with Crippen LogP contribution in [0.1, 0.15) is 20.8 Å². The Hall–Kier alpha value is -1.32. The first-order chi connectivity index (χ1) is 5.80. The van der Waals surface area contributed by atoms with Crippen LogP contribution in [-0.4, -0.2) is 34.5 Å². The number of carbonyl (C=O) groups excluding carboxylic acids is 1. The highest BCUT2D eigenvalue weighted by Gasteiger charge is 2.43. The summed E-state index contributed by atoms with van der Waals surface area (Å²) in [6.45, 7) is 5.34. The molecule has 0 atom stereocenters. The van der Waals surface area contributed by atoms with Gasteiger partial charge >= 0.3 is 5.97 Å². The molecule has 0 saturated carbocycles. The van der Waals surface area contributed by atoms with Crippen LogP contribution in [-0.2, 0) is 9.59 Å². The molecule has 0 spiro atoms. The summed E-state index contributed by atoms with van der Waals surface area (Å²) in [5.41, 5.74) is 0.0464. The first kappa shape index (κ1) is 9.77. The van der Waals surface area contributed by atoms with E-state index in [4.69, 9.17) is 5.11 Å². The summed E-state index contributed by atoms with van der Waals surface area (Å²) in [5.74, 6) is -1.55. The van der Waals surface area contributed by atoms with E-state index in [-0.39, 0.29) is 5.57 Å². The van der Waals surface area contributed by atoms with Crippen molar-refractivity contribution in [2.75, 3.05) is 7.05 Å². The second-order valence-corrected chi connectivity index (χ2v) is 3.73. The minimum absolute atomic E-state index is 0.0903. The lowest BCUT2D eigenvalue weighted by Gasteiger charge is -2.29. The van der Waals surface area contributed by atoms with Crippen LogP contribution in [0, 0.1) is 0 Å². The molecule has 1 aliphatic heterocycles. The van der Waals surface area contributed by atoms with E-state index in [1.807, 2.05) is 13.8 Å². The van der Waals surface area contributed by atoms with E-state index in [0.717, 1.165) is 0 Å². The Morgan fingerprint density at radius 3 is 2.08 bits per heavy atom. The summed E-state index contributed by atoms with van der Waals surface area (Å²) in [4.78, 5) is 23.7. The number of carboxylic acid groups (broad SMARTS) is 1. The molecule has 0 radical (unpaired) electrons. The summed E-state index contributed by atoms with van der Waals surface area (Å²) in [5, 5.41) is 8.80. The van der Waals surface area contributed by atoms with E-state index in [0.29, 0.717) is 5.57 Å². The fraction of sp³-hybridized carbons (Fsp3) is 0.556. The Morgan fingerprint density at radius 2 is 1.92 bits per heavy atom. The van der Waals surface area contributed by atoms with Crippen LogP contribution in [0.4, 0.5) is 0 Å². The van der Waals surface area contributed by atoms with Crippen molar-refractivity contribution >= 4 is 11.9 Å². The molecule has 1 rings (SSSR count). The van der Waals surface area contributed by atoms with Gasteiger partial charge in [0.1, 0.15) is 5.57 Å². The molecule has 4 heteroatoms. The van der Waals surface area contributed by atoms with Crippen molar-refractivity contribution in [2.45, 2.75) is 26.3 Å². The van der Waals surface area contributed by atoms with Crippen LogP contribution < -0.4 is 0 Å². The van der Waals surface area contributed by atoms with Gasteiger partial charge in [0.25, 0.3) is 5.91 Å². The van der Waals surface area contributed by atoms with Crippen LogP contribution in [0.2, 0.25) is 0 Å². The molecular weight excluding hydrogens is 170 g/mol. The van der Waals surface area contributed by atoms with E-state index < -0.39 is 17.4 Å². The van der Waals surface area contributed by atoms with Crippen molar-refractivity contribution < 1.29 is 14.7 Å². The second-order valence-electron chi connectivity index (χ2n) is 3.73. The number of carbonyl (C=O) groups is 2. The second kappa shape index (κ2) is 2.58. The third kappa shape index (κ3) is 1.13. The van der Waals surface area contributed by atoms with Gasteiger partial charge in [-0.2, -0.15) is 0 Å². The molecule has 0 saturated heterocycles. The average Bonchev–Trinajstić information content (AvgIpc) is 2.14. The molecule has 1 N–H and O–H groups in total. The Bertz CT molecular complexity index is 315. The standard InChI is InChI=1S/C9H13NO3/c1-5-6(8(12)13)7(11)10(4)9(5,2)3/h1-4H3,(H,12,13). The highest BCUT2D eigenvalue weighted by molar-refractivity contribution is 6.18. The fourth-order valence-corrected chi connectivity index (χ4v) is 1.39. The van der Waals surface area contributed by atoms with Crippen LogP contribution >= 0.6 is 0 Å². The number of hydrogen-bond acceptors (Lipinski definition) is 2. The molecule has 1 aliphatic rings. The number of amides is 1. The molecule has 4 nitrogen and oxygen atoms in total. The molecule has 0 fully saturated rings. The molecule has 0 aromatic heterocycles. The zero-order valence-corrected chi connectivity index (χ0v) is 8.21. The predicted molar refractivity (Wildman–Crippen MR) is 47.2 cm³/mol. The van der Waals surface area contributed by atoms with E-state index in [1.165, 1.54) is 4.90 Å². The van der Waals surface area contributed by atoms with Gasteiger partial charge in [0.05, 0.1) is 5.54 Å². The highest BCUT2D eigenvalue weighted by Crippen LogP contribution is 2.33. The Balaban J connectivity index is 3.29. The van der Waals surface area contributed by atoms with Crippen molar-refractivity contribution in [3.8, 4) is 0 Å². The summed E-state index contributed by atoms with van der Waals surface area (Å²) in [7, 11) is 1.61. The molecule has 0 bridgehead atoms. The number of hydrogen-bond donors (Lipinski definition) is 1. The number of rotatable bonds is 1. The van der Waals surface area contributed by atoms with E-state index >= 15 is 0 Å². The SMILES string of the molecule is CC1=C(C(=O)O)C(=O)N(C)C1(C)C. The molecular formula is C9H13NO3.